The topological polar surface area (TPSA) is 15.3 Å². The van der Waals surface area contributed by atoms with E-state index in [0.717, 1.165) is 18.6 Å². The molecule has 17 heavy (non-hydrogen) atoms. The maximum Gasteiger partial charge on any atom is 0.0253 e. The lowest BCUT2D eigenvalue weighted by atomic mass is 10.0. The Labute approximate surface area is 105 Å². The summed E-state index contributed by atoms with van der Waals surface area (Å²) in [6.07, 6.45) is 5.45. The molecule has 94 valence electrons. The fourth-order valence-electron chi connectivity index (χ4n) is 3.32. The number of nitrogens with zero attached hydrogens (tertiary/aromatic N) is 1. The summed E-state index contributed by atoms with van der Waals surface area (Å²) in [5.74, 6) is 0. The SMILES string of the molecule is [HH].c1ccc(CN2CC[C@H]3NCCCC[C@@H]32)cc1. The van der Waals surface area contributed by atoms with Crippen LogP contribution in [0, 0.1) is 0 Å². The maximum absolute atomic E-state index is 3.72. The van der Waals surface area contributed by atoms with Crippen LogP contribution >= 0.6 is 0 Å². The van der Waals surface area contributed by atoms with Crippen LogP contribution in [0.4, 0.5) is 0 Å². The van der Waals surface area contributed by atoms with Crippen molar-refractivity contribution in [3.05, 3.63) is 35.9 Å². The number of benzene rings is 1. The first kappa shape index (κ1) is 11.2. The van der Waals surface area contributed by atoms with Crippen LogP contribution in [-0.2, 0) is 6.54 Å². The van der Waals surface area contributed by atoms with Gasteiger partial charge >= 0.3 is 0 Å². The third-order valence-corrected chi connectivity index (χ3v) is 4.22. The smallest absolute Gasteiger partial charge is 0.0253 e. The maximum atomic E-state index is 3.72. The first-order valence-electron chi connectivity index (χ1n) is 6.95. The zero-order valence-corrected chi connectivity index (χ0v) is 10.4. The highest BCUT2D eigenvalue weighted by atomic mass is 15.2. The Hall–Kier alpha value is -0.860. The Morgan fingerprint density at radius 1 is 1.18 bits per heavy atom. The summed E-state index contributed by atoms with van der Waals surface area (Å²) in [6, 6.07) is 12.4. The summed E-state index contributed by atoms with van der Waals surface area (Å²) in [6.45, 7) is 3.61. The van der Waals surface area contributed by atoms with Crippen molar-refractivity contribution in [1.29, 1.82) is 0 Å². The minimum Gasteiger partial charge on any atom is -0.312 e. The monoisotopic (exact) mass is 232 g/mol. The van der Waals surface area contributed by atoms with Crippen LogP contribution < -0.4 is 5.32 Å². The highest BCUT2D eigenvalue weighted by Crippen LogP contribution is 2.26. The largest absolute Gasteiger partial charge is 0.312 e. The van der Waals surface area contributed by atoms with Crippen molar-refractivity contribution in [2.45, 2.75) is 44.3 Å². The summed E-state index contributed by atoms with van der Waals surface area (Å²) in [5, 5.41) is 3.72. The Bertz CT molecular complexity index is 355. The highest BCUT2D eigenvalue weighted by molar-refractivity contribution is 5.15. The van der Waals surface area contributed by atoms with Crippen molar-refractivity contribution in [1.82, 2.24) is 10.2 Å². The fraction of sp³-hybridized carbons (Fsp3) is 0.600. The van der Waals surface area contributed by atoms with Crippen molar-refractivity contribution < 1.29 is 1.43 Å². The van der Waals surface area contributed by atoms with E-state index in [9.17, 15) is 0 Å². The molecule has 2 aliphatic rings. The van der Waals surface area contributed by atoms with Crippen LogP contribution in [0.5, 0.6) is 0 Å². The van der Waals surface area contributed by atoms with Crippen LogP contribution in [0.3, 0.4) is 0 Å². The quantitative estimate of drug-likeness (QED) is 0.843. The van der Waals surface area contributed by atoms with E-state index in [1.807, 2.05) is 0 Å². The van der Waals surface area contributed by atoms with Crippen molar-refractivity contribution in [2.24, 2.45) is 0 Å². The first-order chi connectivity index (χ1) is 8.43. The number of hydrogen-bond donors (Lipinski definition) is 1. The van der Waals surface area contributed by atoms with Gasteiger partial charge in [0.2, 0.25) is 0 Å². The molecule has 2 saturated heterocycles. The molecule has 2 nitrogen and oxygen atoms in total. The number of hydrogen-bond acceptors (Lipinski definition) is 2. The molecule has 0 unspecified atom stereocenters. The van der Waals surface area contributed by atoms with Crippen molar-refractivity contribution in [3.8, 4) is 0 Å². The molecule has 0 amide bonds. The summed E-state index contributed by atoms with van der Waals surface area (Å²) in [4.78, 5) is 2.68. The molecule has 2 heteroatoms. The van der Waals surface area contributed by atoms with E-state index in [4.69, 9.17) is 0 Å². The molecule has 0 saturated carbocycles. The third kappa shape index (κ3) is 2.53. The predicted octanol–water partition coefficient (Wildman–Crippen LogP) is 2.65. The molecule has 2 atom stereocenters. The van der Waals surface area contributed by atoms with Crippen LogP contribution in [0.2, 0.25) is 0 Å². The Morgan fingerprint density at radius 2 is 2.06 bits per heavy atom. The van der Waals surface area contributed by atoms with Gasteiger partial charge in [-0.05, 0) is 31.4 Å². The molecule has 0 aromatic heterocycles. The number of likely N-dealkylation sites (tertiary alicyclic amines) is 1. The van der Waals surface area contributed by atoms with Gasteiger partial charge < -0.3 is 5.32 Å². The molecular weight excluding hydrogens is 208 g/mol. The second-order valence-electron chi connectivity index (χ2n) is 5.37. The molecule has 0 bridgehead atoms. The number of rotatable bonds is 2. The van der Waals surface area contributed by atoms with Crippen LogP contribution in [0.1, 0.15) is 32.7 Å². The minimum absolute atomic E-state index is 0. The molecule has 2 aliphatic heterocycles. The summed E-state index contributed by atoms with van der Waals surface area (Å²) in [5.41, 5.74) is 1.46. The highest BCUT2D eigenvalue weighted by Gasteiger charge is 2.34. The van der Waals surface area contributed by atoms with Crippen LogP contribution in [0.25, 0.3) is 0 Å². The molecule has 0 aliphatic carbocycles. The Morgan fingerprint density at radius 3 is 2.94 bits per heavy atom. The van der Waals surface area contributed by atoms with Gasteiger partial charge in [0.1, 0.15) is 0 Å². The standard InChI is InChI=1S/C15H22N2.H2/c1-2-6-13(7-3-1)12-17-11-9-14-15(17)8-4-5-10-16-14;/h1-3,6-7,14-16H,4-5,8-12H2;1H/t14-,15+;/m1./s1. The molecule has 2 fully saturated rings. The number of fused-ring (bicyclic) bond motifs is 1. The molecule has 1 N–H and O–H groups in total. The molecule has 1 aromatic carbocycles. The Balaban J connectivity index is 0.00000120. The molecular formula is C15H24N2. The lowest BCUT2D eigenvalue weighted by Gasteiger charge is -2.27. The van der Waals surface area contributed by atoms with E-state index < -0.39 is 0 Å². The van der Waals surface area contributed by atoms with E-state index in [1.165, 1.54) is 44.3 Å². The van der Waals surface area contributed by atoms with Gasteiger partial charge in [0.25, 0.3) is 0 Å². The fourth-order valence-corrected chi connectivity index (χ4v) is 3.32. The van der Waals surface area contributed by atoms with Gasteiger partial charge in [-0.25, -0.2) is 0 Å². The van der Waals surface area contributed by atoms with Crippen molar-refractivity contribution in [2.75, 3.05) is 13.1 Å². The second-order valence-corrected chi connectivity index (χ2v) is 5.37. The van der Waals surface area contributed by atoms with Crippen LogP contribution in [0.15, 0.2) is 30.3 Å². The van der Waals surface area contributed by atoms with E-state index in [1.54, 1.807) is 0 Å². The van der Waals surface area contributed by atoms with E-state index in [-0.39, 0.29) is 1.43 Å². The van der Waals surface area contributed by atoms with E-state index >= 15 is 0 Å². The molecule has 0 spiro atoms. The van der Waals surface area contributed by atoms with Gasteiger partial charge in [0.05, 0.1) is 0 Å². The van der Waals surface area contributed by atoms with Gasteiger partial charge in [-0.15, -0.1) is 0 Å². The second kappa shape index (κ2) is 5.19. The number of nitrogens with one attached hydrogen (secondary N) is 1. The average Bonchev–Trinajstić information content (AvgIpc) is 2.61. The van der Waals surface area contributed by atoms with Crippen molar-refractivity contribution >= 4 is 0 Å². The van der Waals surface area contributed by atoms with Gasteiger partial charge in [-0.1, -0.05) is 36.8 Å². The lowest BCUT2D eigenvalue weighted by molar-refractivity contribution is 0.221. The minimum atomic E-state index is 0. The predicted molar refractivity (Wildman–Crippen MR) is 73.0 cm³/mol. The van der Waals surface area contributed by atoms with E-state index in [2.05, 4.69) is 40.5 Å². The van der Waals surface area contributed by atoms with Crippen molar-refractivity contribution in [3.63, 3.8) is 0 Å². The first-order valence-corrected chi connectivity index (χ1v) is 6.95. The van der Waals surface area contributed by atoms with Crippen LogP contribution in [-0.4, -0.2) is 30.1 Å². The normalized spacial score (nSPS) is 29.9. The van der Waals surface area contributed by atoms with E-state index in [0.29, 0.717) is 0 Å². The van der Waals surface area contributed by atoms with Gasteiger partial charge in [0.15, 0.2) is 0 Å². The van der Waals surface area contributed by atoms with Gasteiger partial charge in [-0.2, -0.15) is 0 Å². The Kier molecular flexibility index (Phi) is 3.44. The zero-order valence-electron chi connectivity index (χ0n) is 10.4. The zero-order chi connectivity index (χ0) is 11.5. The summed E-state index contributed by atoms with van der Waals surface area (Å²) < 4.78 is 0. The summed E-state index contributed by atoms with van der Waals surface area (Å²) >= 11 is 0. The molecule has 3 rings (SSSR count). The molecule has 2 heterocycles. The van der Waals surface area contributed by atoms with Gasteiger partial charge in [0, 0.05) is 26.6 Å². The average molecular weight is 232 g/mol. The molecule has 1 aromatic rings. The lowest BCUT2D eigenvalue weighted by Crippen LogP contribution is -2.40. The van der Waals surface area contributed by atoms with Gasteiger partial charge in [-0.3, -0.25) is 4.90 Å². The summed E-state index contributed by atoms with van der Waals surface area (Å²) in [7, 11) is 0. The third-order valence-electron chi connectivity index (χ3n) is 4.22. The molecule has 0 radical (unpaired) electrons.